The molecule has 5 aromatic carbocycles. The topological polar surface area (TPSA) is 434 Å². The maximum absolute atomic E-state index is 14.3. The molecule has 91 heavy (non-hydrogen) atoms. The molecule has 33 heteroatoms. The molecule has 3 heterocycles. The highest BCUT2D eigenvalue weighted by molar-refractivity contribution is 7.86. The Morgan fingerprint density at radius 2 is 1.21 bits per heavy atom. The normalized spacial score (nSPS) is 13.2. The third kappa shape index (κ3) is 15.2. The Balaban J connectivity index is 1.11. The van der Waals surface area contributed by atoms with Crippen LogP contribution in [0.5, 0.6) is 0 Å². The largest absolute Gasteiger partial charge is 0.444 e. The van der Waals surface area contributed by atoms with Gasteiger partial charge in [0.2, 0.25) is 0 Å². The summed E-state index contributed by atoms with van der Waals surface area (Å²) in [6.45, 7) is 1.49. The number of fused-ring (bicyclic) bond motifs is 6. The molecule has 0 aliphatic carbocycles. The molecule has 0 bridgehead atoms. The predicted octanol–water partition coefficient (Wildman–Crippen LogP) is 6.25. The minimum absolute atomic E-state index is 0.0432. The van der Waals surface area contributed by atoms with Gasteiger partial charge in [0, 0.05) is 120 Å². The minimum Gasteiger partial charge on any atom is -0.444 e. The first kappa shape index (κ1) is 66.6. The Morgan fingerprint density at radius 1 is 0.703 bits per heavy atom. The molecule has 30 nitrogen and oxygen atoms in total. The lowest BCUT2D eigenvalue weighted by Crippen LogP contribution is -2.63. The molecule has 2 aliphatic rings. The molecule has 0 radical (unpaired) electrons. The first-order valence-corrected chi connectivity index (χ1v) is 33.6. The van der Waals surface area contributed by atoms with Crippen LogP contribution in [0, 0.1) is 20.2 Å². The number of carbonyl (C=O) groups excluding carboxylic acids is 7. The van der Waals surface area contributed by atoms with Gasteiger partial charge in [-0.25, -0.2) is 14.4 Å². The summed E-state index contributed by atoms with van der Waals surface area (Å²) in [5.41, 5.74) is 7.98. The molecule has 4 N–H and O–H groups in total. The Kier molecular flexibility index (Phi) is 19.9. The van der Waals surface area contributed by atoms with E-state index in [1.54, 1.807) is 42.5 Å². The average molecular weight is 1310 g/mol. The number of benzene rings is 5. The zero-order valence-corrected chi connectivity index (χ0v) is 51.4. The van der Waals surface area contributed by atoms with Crippen molar-refractivity contribution in [1.29, 1.82) is 0 Å². The van der Waals surface area contributed by atoms with Gasteiger partial charge in [-0.2, -0.15) is 16.8 Å². The van der Waals surface area contributed by atoms with Gasteiger partial charge in [0.25, 0.3) is 43.4 Å². The number of aromatic nitrogens is 1. The third-order valence-electron chi connectivity index (χ3n) is 15.1. The first-order chi connectivity index (χ1) is 42.9. The number of hydrogen-bond donors (Lipinski definition) is 4. The summed E-state index contributed by atoms with van der Waals surface area (Å²) >= 11 is 0. The second-order valence-corrected chi connectivity index (χ2v) is 28.9. The van der Waals surface area contributed by atoms with E-state index in [-0.39, 0.29) is 94.1 Å². The summed E-state index contributed by atoms with van der Waals surface area (Å²) in [6, 6.07) is 23.9. The van der Waals surface area contributed by atoms with E-state index in [1.807, 2.05) is 13.1 Å². The van der Waals surface area contributed by atoms with Gasteiger partial charge in [0.1, 0.15) is 27.1 Å². The maximum Gasteiger partial charge on any atom is 0.414 e. The predicted molar refractivity (Wildman–Crippen MR) is 326 cm³/mol. The van der Waals surface area contributed by atoms with Crippen LogP contribution < -0.4 is 30.8 Å². The van der Waals surface area contributed by atoms with Crippen molar-refractivity contribution in [3.8, 4) is 0 Å². The second-order valence-electron chi connectivity index (χ2n) is 21.5. The summed E-state index contributed by atoms with van der Waals surface area (Å²) in [5.74, 6) is -4.60. The van der Waals surface area contributed by atoms with E-state index < -0.39 is 123 Å². The number of esters is 1. The highest BCUT2D eigenvalue weighted by Crippen LogP contribution is 2.50. The van der Waals surface area contributed by atoms with Crippen LogP contribution in [0.15, 0.2) is 114 Å². The zero-order valence-electron chi connectivity index (χ0n) is 48.8. The number of rotatable bonds is 25. The second kappa shape index (κ2) is 27.2. The SMILES string of the molecule is CN(C(=O)OCc1cc(C(=O)NCCS(=O)(=O)O)ccc1[N+](=O)[O-])c1ccc2c(c1)[Si](C)(C)c1cc(N(C)C(=O)OCc3cc(C(=O)NCCS(=O)(=O)O)ccc3[N+](=O)[O-])ccc1C21OC(=O)c2ccc(C(=O)CCCC(=O)Cc3ccc(CN=[N+]=[N-])nc3)cc21. The number of nitrogens with zero attached hydrogens (tertiary/aromatic N) is 8. The van der Waals surface area contributed by atoms with Crippen molar-refractivity contribution >= 4 is 103 Å². The van der Waals surface area contributed by atoms with Crippen LogP contribution in [0.4, 0.5) is 32.3 Å². The summed E-state index contributed by atoms with van der Waals surface area (Å²) in [4.78, 5) is 127. The van der Waals surface area contributed by atoms with E-state index in [0.29, 0.717) is 32.8 Å². The fraction of sp³-hybridized carbons (Fsp3) is 0.276. The van der Waals surface area contributed by atoms with Crippen LogP contribution >= 0.6 is 0 Å². The number of ketones is 2. The lowest BCUT2D eigenvalue weighted by atomic mass is 9.78. The van der Waals surface area contributed by atoms with Gasteiger partial charge in [-0.3, -0.25) is 63.3 Å². The van der Waals surface area contributed by atoms with Gasteiger partial charge in [0.15, 0.2) is 11.4 Å². The molecule has 6 aromatic rings. The van der Waals surface area contributed by atoms with Gasteiger partial charge in [-0.05, 0) is 94.6 Å². The number of pyridine rings is 1. The number of anilines is 2. The summed E-state index contributed by atoms with van der Waals surface area (Å²) in [7, 11) is -9.40. The van der Waals surface area contributed by atoms with Gasteiger partial charge in [-0.15, -0.1) is 0 Å². The summed E-state index contributed by atoms with van der Waals surface area (Å²) in [6.07, 6.45) is -0.358. The molecule has 2 aliphatic heterocycles. The number of amides is 4. The van der Waals surface area contributed by atoms with E-state index in [2.05, 4.69) is 25.6 Å². The minimum atomic E-state index is -4.43. The summed E-state index contributed by atoms with van der Waals surface area (Å²) in [5, 5.41) is 33.3. The molecule has 4 amide bonds. The van der Waals surface area contributed by atoms with Crippen LogP contribution in [0.1, 0.15) is 99.8 Å². The smallest absolute Gasteiger partial charge is 0.414 e. The van der Waals surface area contributed by atoms with E-state index in [1.165, 1.54) is 44.6 Å². The number of azide groups is 1. The number of hydrogen-bond acceptors (Lipinski definition) is 20. The van der Waals surface area contributed by atoms with Crippen LogP contribution in [-0.4, -0.2) is 129 Å². The van der Waals surface area contributed by atoms with Crippen molar-refractivity contribution in [2.75, 3.05) is 48.5 Å². The fourth-order valence-electron chi connectivity index (χ4n) is 10.4. The molecule has 0 atom stereocenters. The monoisotopic (exact) mass is 1300 g/mol. The lowest BCUT2D eigenvalue weighted by Gasteiger charge is -2.44. The van der Waals surface area contributed by atoms with Crippen LogP contribution in [0.3, 0.4) is 0 Å². The number of nitro groups is 2. The summed E-state index contributed by atoms with van der Waals surface area (Å²) < 4.78 is 80.6. The Labute approximate surface area is 518 Å². The van der Waals surface area contributed by atoms with Crippen molar-refractivity contribution in [1.82, 2.24) is 15.6 Å². The molecule has 1 aromatic heterocycles. The van der Waals surface area contributed by atoms with Crippen molar-refractivity contribution in [2.24, 2.45) is 5.11 Å². The van der Waals surface area contributed by atoms with Crippen molar-refractivity contribution in [2.45, 2.75) is 64.1 Å². The van der Waals surface area contributed by atoms with Crippen molar-refractivity contribution in [3.05, 3.63) is 201 Å². The fourth-order valence-corrected chi connectivity index (χ4v) is 14.3. The number of nitro benzene ring substituents is 2. The van der Waals surface area contributed by atoms with Crippen molar-refractivity contribution < 1.29 is 83.6 Å². The van der Waals surface area contributed by atoms with Gasteiger partial charge < -0.3 is 24.8 Å². The highest BCUT2D eigenvalue weighted by Gasteiger charge is 2.56. The van der Waals surface area contributed by atoms with Gasteiger partial charge >= 0.3 is 18.2 Å². The molecule has 0 saturated carbocycles. The average Bonchev–Trinajstić information content (AvgIpc) is 1.65. The van der Waals surface area contributed by atoms with E-state index >= 15 is 0 Å². The third-order valence-corrected chi connectivity index (χ3v) is 20.1. The molecule has 0 fully saturated rings. The molecule has 474 valence electrons. The molecule has 1 spiro atoms. The Hall–Kier alpha value is -10.3. The number of Topliss-reactive ketones (excluding diaryl/α,β-unsaturated/α-hetero) is 2. The van der Waals surface area contributed by atoms with Gasteiger partial charge in [-0.1, -0.05) is 42.5 Å². The van der Waals surface area contributed by atoms with Crippen LogP contribution in [-0.2, 0) is 71.0 Å². The zero-order chi connectivity index (χ0) is 66.3. The Morgan fingerprint density at radius 3 is 1.67 bits per heavy atom. The molecular weight excluding hydrogens is 1250 g/mol. The molecule has 0 unspecified atom stereocenters. The standard InChI is InChI=1S/C58H56N10O20S2Si/c1-65(56(74)86-32-38-25-36(10-18-48(38)67(76)77)53(71)60-20-22-89(80,81)82)41-13-16-45-51(28-41)91(3,4)52-29-42(66(2)57(75)87-33-39-26-37(11-19-49(39)68(78)79)54(72)61-21-23-90(83,84)85)14-17-46(52)58(45)47-27-35(9-15-44(47)55(73)88-58)50(70)7-5-6-43(69)24-34-8-12-40(62-30-34)31-63-64-59/h8-19,25-30H,5-7,20-24,31-33H2,1-4H3,(H,60,71)(H,61,72)(H,80,81,82)(H,83,84,85). The van der Waals surface area contributed by atoms with Crippen LogP contribution in [0.2, 0.25) is 13.1 Å². The Bertz CT molecular complexity index is 4110. The lowest BCUT2D eigenvalue weighted by molar-refractivity contribution is -0.386. The van der Waals surface area contributed by atoms with E-state index in [9.17, 15) is 70.6 Å². The number of ether oxygens (including phenoxy) is 3. The van der Waals surface area contributed by atoms with Crippen LogP contribution in [0.25, 0.3) is 10.4 Å². The highest BCUT2D eigenvalue weighted by atomic mass is 32.2. The van der Waals surface area contributed by atoms with Gasteiger partial charge in [0.05, 0.1) is 44.6 Å². The molecular formula is C58H56N10O20S2Si. The quantitative estimate of drug-likeness (QED) is 0.00470. The number of carbonyl (C=O) groups is 7. The molecule has 0 saturated heterocycles. The van der Waals surface area contributed by atoms with E-state index in [0.717, 1.165) is 46.2 Å². The maximum atomic E-state index is 14.3. The van der Waals surface area contributed by atoms with E-state index in [4.69, 9.17) is 28.8 Å². The number of nitrogens with one attached hydrogen (secondary N) is 2. The molecule has 8 rings (SSSR count). The van der Waals surface area contributed by atoms with Crippen molar-refractivity contribution in [3.63, 3.8) is 0 Å². The first-order valence-electron chi connectivity index (χ1n) is 27.4.